The minimum absolute atomic E-state index is 0.0229. The second kappa shape index (κ2) is 9.89. The molecule has 32 heavy (non-hydrogen) atoms. The molecule has 7 heteroatoms. The minimum atomic E-state index is -0.0229. The van der Waals surface area contributed by atoms with Crippen LogP contribution >= 0.6 is 0 Å². The van der Waals surface area contributed by atoms with E-state index in [0.717, 1.165) is 65.0 Å². The number of hydrogen-bond donors (Lipinski definition) is 2. The van der Waals surface area contributed by atoms with Gasteiger partial charge in [0.15, 0.2) is 0 Å². The summed E-state index contributed by atoms with van der Waals surface area (Å²) in [5.74, 6) is 1.57. The van der Waals surface area contributed by atoms with Crippen molar-refractivity contribution in [1.82, 2.24) is 20.4 Å². The molecule has 0 radical (unpaired) electrons. The summed E-state index contributed by atoms with van der Waals surface area (Å²) in [6.45, 7) is 7.06. The SMILES string of the molecule is O=C(N[C@@H](CCN1CC2CN(C(=O)[C@@H]3CCCN3)CC2C1)c1ccccc1)C1CCOC1. The molecule has 3 unspecified atom stereocenters. The minimum Gasteiger partial charge on any atom is -0.381 e. The second-order valence-corrected chi connectivity index (χ2v) is 9.99. The van der Waals surface area contributed by atoms with Gasteiger partial charge in [-0.15, -0.1) is 0 Å². The molecule has 0 spiro atoms. The lowest BCUT2D eigenvalue weighted by atomic mass is 10.0. The first-order chi connectivity index (χ1) is 15.7. The van der Waals surface area contributed by atoms with Gasteiger partial charge in [-0.1, -0.05) is 30.3 Å². The van der Waals surface area contributed by atoms with E-state index in [1.54, 1.807) is 0 Å². The molecule has 0 aliphatic carbocycles. The van der Waals surface area contributed by atoms with Crippen LogP contribution < -0.4 is 10.6 Å². The topological polar surface area (TPSA) is 73.9 Å². The molecule has 4 saturated heterocycles. The summed E-state index contributed by atoms with van der Waals surface area (Å²) >= 11 is 0. The van der Waals surface area contributed by atoms with Gasteiger partial charge in [0.1, 0.15) is 0 Å². The Kier molecular flexibility index (Phi) is 6.76. The van der Waals surface area contributed by atoms with E-state index in [-0.39, 0.29) is 23.9 Å². The normalized spacial score (nSPS) is 31.1. The summed E-state index contributed by atoms with van der Waals surface area (Å²) in [6, 6.07) is 10.4. The molecule has 7 nitrogen and oxygen atoms in total. The fourth-order valence-electron chi connectivity index (χ4n) is 5.92. The maximum atomic E-state index is 12.7. The van der Waals surface area contributed by atoms with Crippen LogP contribution in [-0.2, 0) is 14.3 Å². The molecule has 4 fully saturated rings. The number of amides is 2. The number of nitrogens with zero attached hydrogens (tertiary/aromatic N) is 2. The summed E-state index contributed by atoms with van der Waals surface area (Å²) in [5, 5.41) is 6.65. The molecule has 2 amide bonds. The van der Waals surface area contributed by atoms with Crippen molar-refractivity contribution in [3.8, 4) is 0 Å². The number of likely N-dealkylation sites (tertiary alicyclic amines) is 2. The molecule has 0 bridgehead atoms. The van der Waals surface area contributed by atoms with Crippen molar-refractivity contribution in [3.63, 3.8) is 0 Å². The number of rotatable bonds is 7. The Hall–Kier alpha value is -1.96. The molecule has 4 heterocycles. The predicted octanol–water partition coefficient (Wildman–Crippen LogP) is 1.41. The van der Waals surface area contributed by atoms with Crippen LogP contribution in [0.1, 0.15) is 37.3 Å². The van der Waals surface area contributed by atoms with E-state index in [1.807, 2.05) is 18.2 Å². The predicted molar refractivity (Wildman–Crippen MR) is 122 cm³/mol. The summed E-state index contributed by atoms with van der Waals surface area (Å²) < 4.78 is 5.41. The molecular weight excluding hydrogens is 404 g/mol. The zero-order valence-electron chi connectivity index (χ0n) is 18.9. The first-order valence-corrected chi connectivity index (χ1v) is 12.3. The third-order valence-corrected chi connectivity index (χ3v) is 7.78. The molecule has 4 aliphatic rings. The molecule has 0 aromatic heterocycles. The van der Waals surface area contributed by atoms with Gasteiger partial charge in [-0.25, -0.2) is 0 Å². The monoisotopic (exact) mass is 440 g/mol. The average Bonchev–Trinajstić information content (AvgIpc) is 3.60. The number of hydrogen-bond acceptors (Lipinski definition) is 5. The van der Waals surface area contributed by atoms with Crippen molar-refractivity contribution in [2.45, 2.75) is 37.8 Å². The van der Waals surface area contributed by atoms with E-state index in [2.05, 4.69) is 32.6 Å². The molecule has 5 rings (SSSR count). The van der Waals surface area contributed by atoms with Gasteiger partial charge in [-0.2, -0.15) is 0 Å². The van der Waals surface area contributed by atoms with Crippen molar-refractivity contribution in [2.75, 3.05) is 52.5 Å². The van der Waals surface area contributed by atoms with Crippen LogP contribution in [0.15, 0.2) is 30.3 Å². The number of benzene rings is 1. The Bertz CT molecular complexity index is 778. The number of ether oxygens (including phenoxy) is 1. The van der Waals surface area contributed by atoms with Crippen LogP contribution in [0.5, 0.6) is 0 Å². The van der Waals surface area contributed by atoms with Gasteiger partial charge in [0.05, 0.1) is 24.6 Å². The molecule has 1 aromatic carbocycles. The highest BCUT2D eigenvalue weighted by Gasteiger charge is 2.43. The van der Waals surface area contributed by atoms with Crippen LogP contribution in [0.2, 0.25) is 0 Å². The maximum absolute atomic E-state index is 12.7. The van der Waals surface area contributed by atoms with E-state index in [9.17, 15) is 9.59 Å². The highest BCUT2D eigenvalue weighted by atomic mass is 16.5. The van der Waals surface area contributed by atoms with Crippen LogP contribution in [0.4, 0.5) is 0 Å². The van der Waals surface area contributed by atoms with Crippen LogP contribution in [0.25, 0.3) is 0 Å². The lowest BCUT2D eigenvalue weighted by Gasteiger charge is -2.26. The van der Waals surface area contributed by atoms with Gasteiger partial charge in [-0.3, -0.25) is 9.59 Å². The summed E-state index contributed by atoms with van der Waals surface area (Å²) in [5.41, 5.74) is 1.17. The quantitative estimate of drug-likeness (QED) is 0.671. The lowest BCUT2D eigenvalue weighted by molar-refractivity contribution is -0.132. The Balaban J connectivity index is 1.14. The number of nitrogens with one attached hydrogen (secondary N) is 2. The van der Waals surface area contributed by atoms with E-state index in [1.165, 1.54) is 5.56 Å². The second-order valence-electron chi connectivity index (χ2n) is 9.99. The van der Waals surface area contributed by atoms with Crippen molar-refractivity contribution in [1.29, 1.82) is 0 Å². The zero-order valence-corrected chi connectivity index (χ0v) is 18.9. The van der Waals surface area contributed by atoms with Gasteiger partial charge in [-0.05, 0) is 49.6 Å². The summed E-state index contributed by atoms with van der Waals surface area (Å²) in [6.07, 6.45) is 3.81. The van der Waals surface area contributed by atoms with E-state index in [4.69, 9.17) is 4.74 Å². The Morgan fingerprint density at radius 2 is 1.88 bits per heavy atom. The number of fused-ring (bicyclic) bond motifs is 1. The van der Waals surface area contributed by atoms with E-state index >= 15 is 0 Å². The third-order valence-electron chi connectivity index (χ3n) is 7.78. The van der Waals surface area contributed by atoms with Gasteiger partial charge >= 0.3 is 0 Å². The fourth-order valence-corrected chi connectivity index (χ4v) is 5.92. The largest absolute Gasteiger partial charge is 0.381 e. The van der Waals surface area contributed by atoms with Gasteiger partial charge in [0, 0.05) is 39.3 Å². The van der Waals surface area contributed by atoms with Crippen LogP contribution in [0.3, 0.4) is 0 Å². The maximum Gasteiger partial charge on any atom is 0.239 e. The van der Waals surface area contributed by atoms with Gasteiger partial charge < -0.3 is 25.2 Å². The molecule has 2 N–H and O–H groups in total. The molecule has 174 valence electrons. The van der Waals surface area contributed by atoms with Gasteiger partial charge in [0.2, 0.25) is 11.8 Å². The molecule has 5 atom stereocenters. The van der Waals surface area contributed by atoms with Crippen molar-refractivity contribution in [3.05, 3.63) is 35.9 Å². The standard InChI is InChI=1S/C25H36N4O3/c30-24(19-9-12-32-17-19)27-22(18-5-2-1-3-6-18)8-11-28-13-20-15-29(16-21(20)14-28)25(31)23-7-4-10-26-23/h1-3,5-6,19-23,26H,4,7-17H2,(H,27,30)/t19?,20?,21?,22-,23-/m0/s1. The Morgan fingerprint density at radius 1 is 1.09 bits per heavy atom. The van der Waals surface area contributed by atoms with Crippen molar-refractivity contribution >= 4 is 11.8 Å². The first-order valence-electron chi connectivity index (χ1n) is 12.3. The van der Waals surface area contributed by atoms with Gasteiger partial charge in [0.25, 0.3) is 0 Å². The number of carbonyl (C=O) groups is 2. The Morgan fingerprint density at radius 3 is 2.53 bits per heavy atom. The lowest BCUT2D eigenvalue weighted by Crippen LogP contribution is -2.43. The molecular formula is C25H36N4O3. The molecule has 0 saturated carbocycles. The smallest absolute Gasteiger partial charge is 0.239 e. The first kappa shape index (κ1) is 21.9. The molecule has 1 aromatic rings. The van der Waals surface area contributed by atoms with Crippen molar-refractivity contribution < 1.29 is 14.3 Å². The van der Waals surface area contributed by atoms with Crippen LogP contribution in [0, 0.1) is 17.8 Å². The Labute approximate surface area is 190 Å². The van der Waals surface area contributed by atoms with Crippen LogP contribution in [-0.4, -0.2) is 80.1 Å². The fraction of sp³-hybridized carbons (Fsp3) is 0.680. The summed E-state index contributed by atoms with van der Waals surface area (Å²) in [4.78, 5) is 30.1. The van der Waals surface area contributed by atoms with E-state index < -0.39 is 0 Å². The van der Waals surface area contributed by atoms with Crippen molar-refractivity contribution in [2.24, 2.45) is 17.8 Å². The number of carbonyl (C=O) groups excluding carboxylic acids is 2. The summed E-state index contributed by atoms with van der Waals surface area (Å²) in [7, 11) is 0. The highest BCUT2D eigenvalue weighted by molar-refractivity contribution is 5.82. The highest BCUT2D eigenvalue weighted by Crippen LogP contribution is 2.32. The average molecular weight is 441 g/mol. The third kappa shape index (κ3) is 4.85. The zero-order chi connectivity index (χ0) is 21.9. The van der Waals surface area contributed by atoms with E-state index in [0.29, 0.717) is 31.0 Å². The molecule has 4 aliphatic heterocycles.